The Labute approximate surface area is 69.5 Å². The van der Waals surface area contributed by atoms with Gasteiger partial charge in [-0.05, 0) is 6.92 Å². The van der Waals surface area contributed by atoms with Gasteiger partial charge in [0, 0.05) is 6.54 Å². The van der Waals surface area contributed by atoms with Gasteiger partial charge in [-0.3, -0.25) is 9.78 Å². The predicted molar refractivity (Wildman–Crippen MR) is 46.1 cm³/mol. The van der Waals surface area contributed by atoms with Crippen molar-refractivity contribution < 1.29 is 0 Å². The molecule has 0 spiro atoms. The summed E-state index contributed by atoms with van der Waals surface area (Å²) in [4.78, 5) is 13.5. The van der Waals surface area contributed by atoms with Crippen molar-refractivity contribution >= 4 is 5.95 Å². The fourth-order valence-electron chi connectivity index (χ4n) is 0.642. The zero-order valence-electron chi connectivity index (χ0n) is 6.79. The molecule has 1 rings (SSSR count). The van der Waals surface area contributed by atoms with Crippen LogP contribution in [0.3, 0.4) is 0 Å². The van der Waals surface area contributed by atoms with Gasteiger partial charge in [-0.15, -0.1) is 16.8 Å². The SMILES string of the molecule is C=CCNc1nnc(C)c(=O)[nH]1. The van der Waals surface area contributed by atoms with E-state index >= 15 is 0 Å². The first-order chi connectivity index (χ1) is 5.74. The van der Waals surface area contributed by atoms with Crippen molar-refractivity contribution in [1.29, 1.82) is 0 Å². The molecule has 5 nitrogen and oxygen atoms in total. The fourth-order valence-corrected chi connectivity index (χ4v) is 0.642. The molecule has 0 saturated carbocycles. The molecule has 0 aliphatic rings. The Hall–Kier alpha value is -1.65. The maximum atomic E-state index is 11.0. The lowest BCUT2D eigenvalue weighted by Gasteiger charge is -1.99. The summed E-state index contributed by atoms with van der Waals surface area (Å²) in [6.45, 7) is 5.66. The summed E-state index contributed by atoms with van der Waals surface area (Å²) in [5, 5.41) is 10.2. The summed E-state index contributed by atoms with van der Waals surface area (Å²) < 4.78 is 0. The quantitative estimate of drug-likeness (QED) is 0.623. The largest absolute Gasteiger partial charge is 0.351 e. The third-order valence-corrected chi connectivity index (χ3v) is 1.27. The highest BCUT2D eigenvalue weighted by Crippen LogP contribution is 1.88. The average Bonchev–Trinajstić information content (AvgIpc) is 2.07. The second-order valence-electron chi connectivity index (χ2n) is 2.26. The number of H-pyrrole nitrogens is 1. The maximum absolute atomic E-state index is 11.0. The van der Waals surface area contributed by atoms with Crippen LogP contribution in [0, 0.1) is 6.92 Å². The third-order valence-electron chi connectivity index (χ3n) is 1.27. The third kappa shape index (κ3) is 1.91. The highest BCUT2D eigenvalue weighted by Gasteiger charge is 1.96. The minimum absolute atomic E-state index is 0.225. The number of nitrogens with one attached hydrogen (secondary N) is 2. The summed E-state index contributed by atoms with van der Waals surface area (Å²) in [5.41, 5.74) is 0.135. The Bertz CT molecular complexity index is 330. The van der Waals surface area contributed by atoms with Crippen molar-refractivity contribution in [2.45, 2.75) is 6.92 Å². The molecule has 1 aromatic rings. The summed E-state index contributed by atoms with van der Waals surface area (Å²) in [6, 6.07) is 0. The van der Waals surface area contributed by atoms with E-state index in [1.54, 1.807) is 13.0 Å². The van der Waals surface area contributed by atoms with E-state index in [2.05, 4.69) is 27.1 Å². The van der Waals surface area contributed by atoms with Crippen LogP contribution in [0.4, 0.5) is 5.95 Å². The minimum atomic E-state index is -0.225. The van der Waals surface area contributed by atoms with Crippen molar-refractivity contribution in [2.24, 2.45) is 0 Å². The van der Waals surface area contributed by atoms with Crippen molar-refractivity contribution in [3.63, 3.8) is 0 Å². The molecular weight excluding hydrogens is 156 g/mol. The van der Waals surface area contributed by atoms with E-state index in [0.29, 0.717) is 18.2 Å². The minimum Gasteiger partial charge on any atom is -0.351 e. The molecule has 1 heterocycles. The molecular formula is C7H10N4O. The van der Waals surface area contributed by atoms with Gasteiger partial charge in [-0.25, -0.2) is 0 Å². The van der Waals surface area contributed by atoms with E-state index in [0.717, 1.165) is 0 Å². The van der Waals surface area contributed by atoms with E-state index in [9.17, 15) is 4.79 Å². The Morgan fingerprint density at radius 3 is 3.00 bits per heavy atom. The number of rotatable bonds is 3. The lowest BCUT2D eigenvalue weighted by Crippen LogP contribution is -2.17. The second kappa shape index (κ2) is 3.66. The van der Waals surface area contributed by atoms with Crippen LogP contribution in [0.25, 0.3) is 0 Å². The van der Waals surface area contributed by atoms with Crippen LogP contribution in [-0.2, 0) is 0 Å². The lowest BCUT2D eigenvalue weighted by atomic mass is 10.5. The number of nitrogens with zero attached hydrogens (tertiary/aromatic N) is 2. The summed E-state index contributed by atoms with van der Waals surface area (Å²) in [6.07, 6.45) is 1.67. The topological polar surface area (TPSA) is 70.7 Å². The van der Waals surface area contributed by atoms with Crippen LogP contribution in [0.2, 0.25) is 0 Å². The average molecular weight is 166 g/mol. The van der Waals surface area contributed by atoms with E-state index in [1.807, 2.05) is 0 Å². The molecule has 0 aliphatic carbocycles. The van der Waals surface area contributed by atoms with E-state index in [4.69, 9.17) is 0 Å². The van der Waals surface area contributed by atoms with Gasteiger partial charge in [-0.2, -0.15) is 0 Å². The molecule has 0 fully saturated rings. The van der Waals surface area contributed by atoms with E-state index in [1.165, 1.54) is 0 Å². The van der Waals surface area contributed by atoms with Crippen molar-refractivity contribution in [3.05, 3.63) is 28.7 Å². The van der Waals surface area contributed by atoms with Gasteiger partial charge in [0.15, 0.2) is 0 Å². The lowest BCUT2D eigenvalue weighted by molar-refractivity contribution is 0.898. The standard InChI is InChI=1S/C7H10N4O/c1-3-4-8-7-9-6(12)5(2)10-11-7/h3H,1,4H2,2H3,(H2,8,9,11,12). The molecule has 0 saturated heterocycles. The molecule has 12 heavy (non-hydrogen) atoms. The summed E-state index contributed by atoms with van der Waals surface area (Å²) in [7, 11) is 0. The van der Waals surface area contributed by atoms with Gasteiger partial charge in [0.05, 0.1) is 0 Å². The predicted octanol–water partition coefficient (Wildman–Crippen LogP) is 0.0712. The number of hydrogen-bond acceptors (Lipinski definition) is 4. The number of aromatic nitrogens is 3. The van der Waals surface area contributed by atoms with Gasteiger partial charge in [0.1, 0.15) is 5.69 Å². The molecule has 0 bridgehead atoms. The molecule has 1 aromatic heterocycles. The highest BCUT2D eigenvalue weighted by atomic mass is 16.1. The van der Waals surface area contributed by atoms with Crippen LogP contribution in [0.1, 0.15) is 5.69 Å². The Morgan fingerprint density at radius 1 is 1.67 bits per heavy atom. The van der Waals surface area contributed by atoms with Gasteiger partial charge in [0.2, 0.25) is 5.95 Å². The molecule has 0 radical (unpaired) electrons. The molecule has 5 heteroatoms. The zero-order chi connectivity index (χ0) is 8.97. The van der Waals surface area contributed by atoms with Crippen LogP contribution in [0.15, 0.2) is 17.4 Å². The molecule has 0 unspecified atom stereocenters. The van der Waals surface area contributed by atoms with Gasteiger partial charge >= 0.3 is 0 Å². The number of hydrogen-bond donors (Lipinski definition) is 2. The first-order valence-electron chi connectivity index (χ1n) is 3.52. The number of aryl methyl sites for hydroxylation is 1. The second-order valence-corrected chi connectivity index (χ2v) is 2.26. The monoisotopic (exact) mass is 166 g/mol. The molecule has 0 atom stereocenters. The summed E-state index contributed by atoms with van der Waals surface area (Å²) in [5.74, 6) is 0.366. The van der Waals surface area contributed by atoms with Gasteiger partial charge in [0.25, 0.3) is 5.56 Å². The first kappa shape index (κ1) is 8.45. The summed E-state index contributed by atoms with van der Waals surface area (Å²) >= 11 is 0. The molecule has 0 aliphatic heterocycles. The highest BCUT2D eigenvalue weighted by molar-refractivity contribution is 5.22. The zero-order valence-corrected chi connectivity index (χ0v) is 6.79. The Morgan fingerprint density at radius 2 is 2.42 bits per heavy atom. The number of anilines is 1. The Kier molecular flexibility index (Phi) is 2.57. The number of aromatic amines is 1. The molecule has 2 N–H and O–H groups in total. The smallest absolute Gasteiger partial charge is 0.273 e. The fraction of sp³-hybridized carbons (Fsp3) is 0.286. The molecule has 0 aromatic carbocycles. The molecule has 64 valence electrons. The normalized spacial score (nSPS) is 9.42. The van der Waals surface area contributed by atoms with Crippen LogP contribution in [-0.4, -0.2) is 21.7 Å². The first-order valence-corrected chi connectivity index (χ1v) is 3.52. The van der Waals surface area contributed by atoms with Gasteiger partial charge in [-0.1, -0.05) is 6.08 Å². The maximum Gasteiger partial charge on any atom is 0.273 e. The van der Waals surface area contributed by atoms with E-state index < -0.39 is 0 Å². The van der Waals surface area contributed by atoms with Crippen molar-refractivity contribution in [2.75, 3.05) is 11.9 Å². The van der Waals surface area contributed by atoms with Crippen LogP contribution in [0.5, 0.6) is 0 Å². The van der Waals surface area contributed by atoms with Crippen LogP contribution < -0.4 is 10.9 Å². The molecule has 0 amide bonds. The van der Waals surface area contributed by atoms with Crippen LogP contribution >= 0.6 is 0 Å². The Balaban J connectivity index is 2.82. The van der Waals surface area contributed by atoms with E-state index in [-0.39, 0.29) is 5.56 Å². The van der Waals surface area contributed by atoms with Crippen molar-refractivity contribution in [1.82, 2.24) is 15.2 Å². The van der Waals surface area contributed by atoms with Crippen molar-refractivity contribution in [3.8, 4) is 0 Å². The van der Waals surface area contributed by atoms with Gasteiger partial charge < -0.3 is 5.32 Å².